The SMILES string of the molecule is Cc1noc2c(F)cc(N)cc12. The molecule has 0 fully saturated rings. The zero-order valence-corrected chi connectivity index (χ0v) is 6.47. The Morgan fingerprint density at radius 1 is 1.50 bits per heavy atom. The first-order chi connectivity index (χ1) is 5.68. The average Bonchev–Trinajstić information content (AvgIpc) is 2.33. The number of aromatic nitrogens is 1. The van der Waals surface area contributed by atoms with Gasteiger partial charge in [0.25, 0.3) is 0 Å². The predicted octanol–water partition coefficient (Wildman–Crippen LogP) is 1.86. The Bertz CT molecular complexity index is 436. The largest absolute Gasteiger partial charge is 0.399 e. The highest BCUT2D eigenvalue weighted by Crippen LogP contribution is 2.23. The molecule has 0 amide bonds. The number of halogens is 1. The van der Waals surface area contributed by atoms with Crippen molar-refractivity contribution in [1.29, 1.82) is 0 Å². The van der Waals surface area contributed by atoms with E-state index in [1.807, 2.05) is 0 Å². The average molecular weight is 166 g/mol. The highest BCUT2D eigenvalue weighted by Gasteiger charge is 2.09. The molecule has 2 rings (SSSR count). The van der Waals surface area contributed by atoms with Crippen molar-refractivity contribution in [2.45, 2.75) is 6.92 Å². The Hall–Kier alpha value is -1.58. The van der Waals surface area contributed by atoms with Crippen LogP contribution in [0.15, 0.2) is 16.7 Å². The van der Waals surface area contributed by atoms with Gasteiger partial charge < -0.3 is 10.3 Å². The summed E-state index contributed by atoms with van der Waals surface area (Å²) in [6.07, 6.45) is 0. The summed E-state index contributed by atoms with van der Waals surface area (Å²) < 4.78 is 17.8. The molecule has 1 heterocycles. The standard InChI is InChI=1S/C8H7FN2O/c1-4-6-2-5(10)3-7(9)8(6)12-11-4/h2-3H,10H2,1H3. The number of fused-ring (bicyclic) bond motifs is 1. The van der Waals surface area contributed by atoms with Gasteiger partial charge in [-0.1, -0.05) is 5.16 Å². The second kappa shape index (κ2) is 2.20. The van der Waals surface area contributed by atoms with Crippen LogP contribution < -0.4 is 5.73 Å². The van der Waals surface area contributed by atoms with Crippen molar-refractivity contribution in [1.82, 2.24) is 5.16 Å². The van der Waals surface area contributed by atoms with Crippen LogP contribution in [0, 0.1) is 12.7 Å². The normalized spacial score (nSPS) is 10.8. The summed E-state index contributed by atoms with van der Waals surface area (Å²) in [6, 6.07) is 2.86. The lowest BCUT2D eigenvalue weighted by Crippen LogP contribution is -1.86. The first kappa shape index (κ1) is 7.09. The summed E-state index contributed by atoms with van der Waals surface area (Å²) in [5.41, 5.74) is 6.64. The first-order valence-electron chi connectivity index (χ1n) is 3.49. The van der Waals surface area contributed by atoms with Crippen LogP contribution in [-0.4, -0.2) is 5.16 Å². The molecule has 0 aliphatic carbocycles. The molecule has 62 valence electrons. The van der Waals surface area contributed by atoms with E-state index >= 15 is 0 Å². The van der Waals surface area contributed by atoms with E-state index in [1.54, 1.807) is 13.0 Å². The Balaban J connectivity index is 2.92. The maximum absolute atomic E-state index is 13.0. The molecule has 3 nitrogen and oxygen atoms in total. The Morgan fingerprint density at radius 2 is 2.25 bits per heavy atom. The number of hydrogen-bond acceptors (Lipinski definition) is 3. The van der Waals surface area contributed by atoms with Crippen molar-refractivity contribution in [2.24, 2.45) is 0 Å². The number of nitrogens with two attached hydrogens (primary N) is 1. The van der Waals surface area contributed by atoms with Crippen LogP contribution in [0.5, 0.6) is 0 Å². The molecular weight excluding hydrogens is 159 g/mol. The number of hydrogen-bond donors (Lipinski definition) is 1. The molecule has 0 saturated heterocycles. The van der Waals surface area contributed by atoms with E-state index in [0.717, 1.165) is 0 Å². The van der Waals surface area contributed by atoms with E-state index in [-0.39, 0.29) is 5.58 Å². The number of aryl methyl sites for hydroxylation is 1. The topological polar surface area (TPSA) is 52.0 Å². The van der Waals surface area contributed by atoms with Gasteiger partial charge in [0.1, 0.15) is 0 Å². The number of nitrogens with zero attached hydrogens (tertiary/aromatic N) is 1. The second-order valence-electron chi connectivity index (χ2n) is 2.65. The summed E-state index contributed by atoms with van der Waals surface area (Å²) in [6.45, 7) is 1.74. The molecule has 1 aromatic carbocycles. The third kappa shape index (κ3) is 0.845. The third-order valence-corrected chi connectivity index (χ3v) is 1.73. The van der Waals surface area contributed by atoms with Crippen LogP contribution in [0.1, 0.15) is 5.69 Å². The van der Waals surface area contributed by atoms with Gasteiger partial charge in [-0.05, 0) is 13.0 Å². The quantitative estimate of drug-likeness (QED) is 0.607. The van der Waals surface area contributed by atoms with Crippen LogP contribution in [0.2, 0.25) is 0 Å². The number of nitrogen functional groups attached to an aromatic ring is 1. The molecule has 0 atom stereocenters. The maximum Gasteiger partial charge on any atom is 0.202 e. The van der Waals surface area contributed by atoms with E-state index in [9.17, 15) is 4.39 Å². The van der Waals surface area contributed by atoms with E-state index in [1.165, 1.54) is 6.07 Å². The monoisotopic (exact) mass is 166 g/mol. The van der Waals surface area contributed by atoms with E-state index in [2.05, 4.69) is 5.16 Å². The van der Waals surface area contributed by atoms with Gasteiger partial charge in [-0.25, -0.2) is 4.39 Å². The molecule has 12 heavy (non-hydrogen) atoms. The van der Waals surface area contributed by atoms with Crippen LogP contribution in [-0.2, 0) is 0 Å². The highest BCUT2D eigenvalue weighted by molar-refractivity contribution is 5.83. The third-order valence-electron chi connectivity index (χ3n) is 1.73. The van der Waals surface area contributed by atoms with Gasteiger partial charge in [0.2, 0.25) is 5.58 Å². The van der Waals surface area contributed by atoms with Gasteiger partial charge >= 0.3 is 0 Å². The van der Waals surface area contributed by atoms with E-state index < -0.39 is 5.82 Å². The van der Waals surface area contributed by atoms with Crippen LogP contribution in [0.3, 0.4) is 0 Å². The summed E-state index contributed by atoms with van der Waals surface area (Å²) >= 11 is 0. The van der Waals surface area contributed by atoms with Crippen molar-refractivity contribution >= 4 is 16.7 Å². The molecule has 0 bridgehead atoms. The predicted molar refractivity (Wildman–Crippen MR) is 43.1 cm³/mol. The van der Waals surface area contributed by atoms with Gasteiger partial charge in [-0.2, -0.15) is 0 Å². The lowest BCUT2D eigenvalue weighted by molar-refractivity contribution is 0.435. The summed E-state index contributed by atoms with van der Waals surface area (Å²) in [5.74, 6) is -0.467. The molecule has 0 spiro atoms. The van der Waals surface area contributed by atoms with E-state index in [4.69, 9.17) is 10.3 Å². The molecule has 0 aliphatic heterocycles. The minimum Gasteiger partial charge on any atom is -0.399 e. The second-order valence-corrected chi connectivity index (χ2v) is 2.65. The molecule has 0 unspecified atom stereocenters. The van der Waals surface area contributed by atoms with E-state index in [0.29, 0.717) is 16.8 Å². The Kier molecular flexibility index (Phi) is 1.30. The number of benzene rings is 1. The molecule has 0 saturated carbocycles. The van der Waals surface area contributed by atoms with Gasteiger partial charge in [-0.15, -0.1) is 0 Å². The lowest BCUT2D eigenvalue weighted by atomic mass is 10.2. The zero-order valence-electron chi connectivity index (χ0n) is 6.47. The van der Waals surface area contributed by atoms with Crippen molar-refractivity contribution in [3.05, 3.63) is 23.6 Å². The Morgan fingerprint density at radius 3 is 3.00 bits per heavy atom. The molecule has 0 radical (unpaired) electrons. The number of anilines is 1. The van der Waals surface area contributed by atoms with Crippen molar-refractivity contribution in [2.75, 3.05) is 5.73 Å². The molecule has 0 aliphatic rings. The Labute approximate surface area is 67.9 Å². The van der Waals surface area contributed by atoms with Gasteiger partial charge in [0, 0.05) is 17.1 Å². The smallest absolute Gasteiger partial charge is 0.202 e. The summed E-state index contributed by atoms with van der Waals surface area (Å²) in [4.78, 5) is 0. The van der Waals surface area contributed by atoms with Crippen LogP contribution >= 0.6 is 0 Å². The minimum absolute atomic E-state index is 0.168. The van der Waals surface area contributed by atoms with Gasteiger partial charge in [0.15, 0.2) is 5.82 Å². The van der Waals surface area contributed by atoms with Gasteiger partial charge in [0.05, 0.1) is 5.69 Å². The zero-order chi connectivity index (χ0) is 8.72. The fraction of sp³-hybridized carbons (Fsp3) is 0.125. The van der Waals surface area contributed by atoms with Crippen molar-refractivity contribution < 1.29 is 8.91 Å². The molecular formula is C8H7FN2O. The first-order valence-corrected chi connectivity index (χ1v) is 3.49. The maximum atomic E-state index is 13.0. The molecule has 4 heteroatoms. The molecule has 1 aromatic heterocycles. The van der Waals surface area contributed by atoms with Crippen LogP contribution in [0.4, 0.5) is 10.1 Å². The van der Waals surface area contributed by atoms with Crippen LogP contribution in [0.25, 0.3) is 11.0 Å². The fourth-order valence-corrected chi connectivity index (χ4v) is 1.14. The minimum atomic E-state index is -0.467. The summed E-state index contributed by atoms with van der Waals surface area (Å²) in [5, 5.41) is 4.26. The molecule has 2 N–H and O–H groups in total. The van der Waals surface area contributed by atoms with Crippen molar-refractivity contribution in [3.8, 4) is 0 Å². The highest BCUT2D eigenvalue weighted by atomic mass is 19.1. The molecule has 2 aromatic rings. The van der Waals surface area contributed by atoms with Crippen molar-refractivity contribution in [3.63, 3.8) is 0 Å². The van der Waals surface area contributed by atoms with Gasteiger partial charge in [-0.3, -0.25) is 0 Å². The number of rotatable bonds is 0. The fourth-order valence-electron chi connectivity index (χ4n) is 1.14. The lowest BCUT2D eigenvalue weighted by Gasteiger charge is -1.93. The summed E-state index contributed by atoms with van der Waals surface area (Å²) in [7, 11) is 0.